The molecule has 2 aromatic rings. The lowest BCUT2D eigenvalue weighted by Crippen LogP contribution is -2.45. The molecule has 1 fully saturated rings. The minimum atomic E-state index is 0.287. The van der Waals surface area contributed by atoms with E-state index < -0.39 is 0 Å². The zero-order valence-corrected chi connectivity index (χ0v) is 12.9. The Morgan fingerprint density at radius 1 is 1.05 bits per heavy atom. The maximum absolute atomic E-state index is 5.62. The summed E-state index contributed by atoms with van der Waals surface area (Å²) in [7, 11) is 0. The molecule has 0 amide bonds. The van der Waals surface area contributed by atoms with Gasteiger partial charge in [-0.05, 0) is 24.7 Å². The van der Waals surface area contributed by atoms with Gasteiger partial charge in [0.05, 0.1) is 11.4 Å². The fraction of sp³-hybridized carbons (Fsp3) is 0.438. The molecular weight excluding hydrogens is 276 g/mol. The van der Waals surface area contributed by atoms with Crippen LogP contribution in [0.3, 0.4) is 0 Å². The molecule has 3 heterocycles. The fourth-order valence-electron chi connectivity index (χ4n) is 2.70. The van der Waals surface area contributed by atoms with Crippen molar-refractivity contribution in [3.63, 3.8) is 0 Å². The summed E-state index contributed by atoms with van der Waals surface area (Å²) in [6, 6.07) is 5.96. The number of hydrogen-bond donors (Lipinski definition) is 1. The molecule has 0 bridgehead atoms. The molecule has 2 N–H and O–H groups in total. The predicted octanol–water partition coefficient (Wildman–Crippen LogP) is 1.26. The van der Waals surface area contributed by atoms with Crippen molar-refractivity contribution in [2.45, 2.75) is 13.5 Å². The molecule has 3 rings (SSSR count). The zero-order valence-electron chi connectivity index (χ0n) is 12.9. The molecule has 1 aliphatic rings. The van der Waals surface area contributed by atoms with Gasteiger partial charge in [-0.15, -0.1) is 0 Å². The maximum atomic E-state index is 5.62. The van der Waals surface area contributed by atoms with Crippen LogP contribution in [-0.4, -0.2) is 57.5 Å². The molecule has 1 aliphatic heterocycles. The van der Waals surface area contributed by atoms with Gasteiger partial charge in [-0.25, -0.2) is 9.97 Å². The van der Waals surface area contributed by atoms with Crippen molar-refractivity contribution >= 4 is 5.95 Å². The van der Waals surface area contributed by atoms with E-state index in [0.717, 1.165) is 56.2 Å². The molecule has 0 aliphatic carbocycles. The van der Waals surface area contributed by atoms with Crippen LogP contribution in [-0.2, 0) is 6.54 Å². The first kappa shape index (κ1) is 14.9. The largest absolute Gasteiger partial charge is 0.368 e. The van der Waals surface area contributed by atoms with Crippen LogP contribution in [0, 0.1) is 0 Å². The first-order valence-corrected chi connectivity index (χ1v) is 7.73. The van der Waals surface area contributed by atoms with E-state index in [9.17, 15) is 0 Å². The maximum Gasteiger partial charge on any atom is 0.220 e. The van der Waals surface area contributed by atoms with Crippen LogP contribution in [0.1, 0.15) is 12.6 Å². The highest BCUT2D eigenvalue weighted by molar-refractivity contribution is 5.58. The lowest BCUT2D eigenvalue weighted by Gasteiger charge is -2.33. The van der Waals surface area contributed by atoms with Gasteiger partial charge in [0, 0.05) is 50.7 Å². The highest BCUT2D eigenvalue weighted by atomic mass is 15.3. The summed E-state index contributed by atoms with van der Waals surface area (Å²) in [5.74, 6) is 0.287. The van der Waals surface area contributed by atoms with E-state index in [1.54, 1.807) is 6.20 Å². The van der Waals surface area contributed by atoms with Crippen molar-refractivity contribution in [1.29, 1.82) is 0 Å². The molecule has 0 aromatic carbocycles. The molecule has 6 heteroatoms. The number of rotatable bonds is 4. The van der Waals surface area contributed by atoms with Crippen molar-refractivity contribution in [2.75, 3.05) is 38.5 Å². The first-order valence-electron chi connectivity index (χ1n) is 7.73. The van der Waals surface area contributed by atoms with Gasteiger partial charge in [0.25, 0.3) is 0 Å². The SMILES string of the molecule is CCN1CCN(Cc2ccc(-c3ccnc(N)n3)cn2)CC1. The van der Waals surface area contributed by atoms with Crippen LogP contribution in [0.2, 0.25) is 0 Å². The minimum absolute atomic E-state index is 0.287. The number of nitrogens with two attached hydrogens (primary N) is 1. The van der Waals surface area contributed by atoms with Crippen molar-refractivity contribution in [2.24, 2.45) is 0 Å². The summed E-state index contributed by atoms with van der Waals surface area (Å²) in [5.41, 5.74) is 8.49. The normalized spacial score (nSPS) is 16.8. The summed E-state index contributed by atoms with van der Waals surface area (Å²) < 4.78 is 0. The van der Waals surface area contributed by atoms with Gasteiger partial charge >= 0.3 is 0 Å². The summed E-state index contributed by atoms with van der Waals surface area (Å²) in [4.78, 5) is 17.6. The Morgan fingerprint density at radius 2 is 1.82 bits per heavy atom. The second-order valence-electron chi connectivity index (χ2n) is 5.55. The standard InChI is InChI=1S/C16H22N6/c1-2-21-7-9-22(10-8-21)12-14-4-3-13(11-19-14)15-5-6-18-16(17)20-15/h3-6,11H,2,7-10,12H2,1H3,(H2,17,18,20). The molecule has 6 nitrogen and oxygen atoms in total. The Morgan fingerprint density at radius 3 is 2.45 bits per heavy atom. The third-order valence-electron chi connectivity index (χ3n) is 4.09. The Kier molecular flexibility index (Phi) is 4.60. The average Bonchev–Trinajstić information content (AvgIpc) is 2.56. The molecule has 1 saturated heterocycles. The fourth-order valence-corrected chi connectivity index (χ4v) is 2.70. The minimum Gasteiger partial charge on any atom is -0.368 e. The van der Waals surface area contributed by atoms with Gasteiger partial charge in [0.1, 0.15) is 0 Å². The molecular formula is C16H22N6. The van der Waals surface area contributed by atoms with E-state index in [2.05, 4.69) is 37.7 Å². The smallest absolute Gasteiger partial charge is 0.220 e. The monoisotopic (exact) mass is 298 g/mol. The Balaban J connectivity index is 1.62. The Labute approximate surface area is 131 Å². The number of nitrogen functional groups attached to an aromatic ring is 1. The lowest BCUT2D eigenvalue weighted by molar-refractivity contribution is 0.131. The van der Waals surface area contributed by atoms with Crippen LogP contribution in [0.25, 0.3) is 11.3 Å². The first-order chi connectivity index (χ1) is 10.7. The second-order valence-corrected chi connectivity index (χ2v) is 5.55. The highest BCUT2D eigenvalue weighted by Gasteiger charge is 2.15. The molecule has 2 aromatic heterocycles. The second kappa shape index (κ2) is 6.81. The lowest BCUT2D eigenvalue weighted by atomic mass is 10.2. The number of anilines is 1. The highest BCUT2D eigenvalue weighted by Crippen LogP contribution is 2.16. The van der Waals surface area contributed by atoms with Gasteiger partial charge in [0.15, 0.2) is 0 Å². The third kappa shape index (κ3) is 3.58. The van der Waals surface area contributed by atoms with E-state index in [4.69, 9.17) is 5.73 Å². The van der Waals surface area contributed by atoms with E-state index >= 15 is 0 Å². The number of likely N-dealkylation sites (N-methyl/N-ethyl adjacent to an activating group) is 1. The number of aromatic nitrogens is 3. The zero-order chi connectivity index (χ0) is 15.4. The van der Waals surface area contributed by atoms with Gasteiger partial charge in [-0.1, -0.05) is 6.92 Å². The van der Waals surface area contributed by atoms with Crippen LogP contribution >= 0.6 is 0 Å². The van der Waals surface area contributed by atoms with Gasteiger partial charge in [-0.2, -0.15) is 0 Å². The number of nitrogens with zero attached hydrogens (tertiary/aromatic N) is 5. The number of piperazine rings is 1. The van der Waals surface area contributed by atoms with Gasteiger partial charge in [-0.3, -0.25) is 9.88 Å². The van der Waals surface area contributed by atoms with Crippen molar-refractivity contribution in [3.8, 4) is 11.3 Å². The Hall–Kier alpha value is -2.05. The van der Waals surface area contributed by atoms with E-state index in [1.807, 2.05) is 18.3 Å². The van der Waals surface area contributed by atoms with Crippen LogP contribution < -0.4 is 5.73 Å². The Bertz CT molecular complexity index is 604. The topological polar surface area (TPSA) is 71.2 Å². The van der Waals surface area contributed by atoms with E-state index in [0.29, 0.717) is 0 Å². The summed E-state index contributed by atoms with van der Waals surface area (Å²) in [5, 5.41) is 0. The average molecular weight is 298 g/mol. The van der Waals surface area contributed by atoms with Crippen LogP contribution in [0.5, 0.6) is 0 Å². The summed E-state index contributed by atoms with van der Waals surface area (Å²) in [6.45, 7) is 8.78. The van der Waals surface area contributed by atoms with E-state index in [1.165, 1.54) is 0 Å². The van der Waals surface area contributed by atoms with Crippen LogP contribution in [0.4, 0.5) is 5.95 Å². The summed E-state index contributed by atoms with van der Waals surface area (Å²) in [6.07, 6.45) is 3.53. The van der Waals surface area contributed by atoms with Crippen molar-refractivity contribution in [3.05, 3.63) is 36.3 Å². The van der Waals surface area contributed by atoms with Crippen molar-refractivity contribution in [1.82, 2.24) is 24.8 Å². The number of pyridine rings is 1. The number of hydrogen-bond acceptors (Lipinski definition) is 6. The molecule has 116 valence electrons. The molecule has 22 heavy (non-hydrogen) atoms. The molecule has 0 unspecified atom stereocenters. The predicted molar refractivity (Wildman–Crippen MR) is 87.1 cm³/mol. The van der Waals surface area contributed by atoms with E-state index in [-0.39, 0.29) is 5.95 Å². The van der Waals surface area contributed by atoms with Crippen LogP contribution in [0.15, 0.2) is 30.6 Å². The van der Waals surface area contributed by atoms with Gasteiger partial charge in [0.2, 0.25) is 5.95 Å². The molecule has 0 atom stereocenters. The third-order valence-corrected chi connectivity index (χ3v) is 4.09. The van der Waals surface area contributed by atoms with Crippen molar-refractivity contribution < 1.29 is 0 Å². The molecule has 0 radical (unpaired) electrons. The molecule has 0 spiro atoms. The quantitative estimate of drug-likeness (QED) is 0.916. The molecule has 0 saturated carbocycles. The van der Waals surface area contributed by atoms with Gasteiger partial charge < -0.3 is 10.6 Å². The summed E-state index contributed by atoms with van der Waals surface area (Å²) >= 11 is 0.